The SMILES string of the molecule is Cc1cccc(NC(=O)Cn2ccc(N)n2)c1C. The molecule has 0 spiro atoms. The first-order chi connectivity index (χ1) is 8.56. The zero-order chi connectivity index (χ0) is 13.1. The van der Waals surface area contributed by atoms with Crippen LogP contribution in [0.4, 0.5) is 11.5 Å². The van der Waals surface area contributed by atoms with Gasteiger partial charge in [0.25, 0.3) is 0 Å². The molecule has 94 valence electrons. The van der Waals surface area contributed by atoms with E-state index in [0.717, 1.165) is 16.8 Å². The lowest BCUT2D eigenvalue weighted by Gasteiger charge is -2.10. The summed E-state index contributed by atoms with van der Waals surface area (Å²) in [4.78, 5) is 11.8. The molecule has 0 fully saturated rings. The Labute approximate surface area is 106 Å². The van der Waals surface area contributed by atoms with Gasteiger partial charge in [0, 0.05) is 11.9 Å². The minimum absolute atomic E-state index is 0.119. The lowest BCUT2D eigenvalue weighted by atomic mass is 10.1. The van der Waals surface area contributed by atoms with Crippen LogP contribution in [-0.2, 0) is 11.3 Å². The molecule has 0 radical (unpaired) electrons. The molecule has 18 heavy (non-hydrogen) atoms. The zero-order valence-corrected chi connectivity index (χ0v) is 10.5. The highest BCUT2D eigenvalue weighted by molar-refractivity contribution is 5.91. The summed E-state index contributed by atoms with van der Waals surface area (Å²) < 4.78 is 1.51. The van der Waals surface area contributed by atoms with E-state index < -0.39 is 0 Å². The van der Waals surface area contributed by atoms with Gasteiger partial charge < -0.3 is 11.1 Å². The van der Waals surface area contributed by atoms with Crippen LogP contribution in [0.1, 0.15) is 11.1 Å². The number of amides is 1. The molecule has 0 saturated heterocycles. The van der Waals surface area contributed by atoms with Crippen molar-refractivity contribution in [3.8, 4) is 0 Å². The number of hydrogen-bond acceptors (Lipinski definition) is 3. The van der Waals surface area contributed by atoms with Crippen LogP contribution >= 0.6 is 0 Å². The van der Waals surface area contributed by atoms with Gasteiger partial charge in [0.2, 0.25) is 5.91 Å². The van der Waals surface area contributed by atoms with Crippen molar-refractivity contribution in [1.82, 2.24) is 9.78 Å². The van der Waals surface area contributed by atoms with Crippen molar-refractivity contribution in [2.24, 2.45) is 0 Å². The van der Waals surface area contributed by atoms with Gasteiger partial charge in [-0.25, -0.2) is 0 Å². The topological polar surface area (TPSA) is 72.9 Å². The predicted molar refractivity (Wildman–Crippen MR) is 71.2 cm³/mol. The fourth-order valence-corrected chi connectivity index (χ4v) is 1.69. The second-order valence-electron chi connectivity index (χ2n) is 4.23. The lowest BCUT2D eigenvalue weighted by Crippen LogP contribution is -2.19. The minimum atomic E-state index is -0.119. The van der Waals surface area contributed by atoms with Gasteiger partial charge in [0.05, 0.1) is 0 Å². The van der Waals surface area contributed by atoms with Crippen molar-refractivity contribution < 1.29 is 4.79 Å². The van der Waals surface area contributed by atoms with E-state index in [1.54, 1.807) is 12.3 Å². The van der Waals surface area contributed by atoms with Gasteiger partial charge in [-0.15, -0.1) is 0 Å². The van der Waals surface area contributed by atoms with Crippen LogP contribution < -0.4 is 11.1 Å². The van der Waals surface area contributed by atoms with E-state index in [-0.39, 0.29) is 12.5 Å². The highest BCUT2D eigenvalue weighted by Crippen LogP contribution is 2.17. The molecule has 0 aliphatic rings. The summed E-state index contributed by atoms with van der Waals surface area (Å²) in [6, 6.07) is 7.48. The van der Waals surface area contributed by atoms with Gasteiger partial charge in [-0.3, -0.25) is 9.48 Å². The van der Waals surface area contributed by atoms with Gasteiger partial charge in [-0.1, -0.05) is 12.1 Å². The van der Waals surface area contributed by atoms with Crippen LogP contribution in [0.15, 0.2) is 30.5 Å². The van der Waals surface area contributed by atoms with Gasteiger partial charge in [-0.2, -0.15) is 5.10 Å². The number of aromatic nitrogens is 2. The average Bonchev–Trinajstić information content (AvgIpc) is 2.70. The molecule has 0 atom stereocenters. The summed E-state index contributed by atoms with van der Waals surface area (Å²) >= 11 is 0. The van der Waals surface area contributed by atoms with Crippen LogP contribution in [0, 0.1) is 13.8 Å². The quantitative estimate of drug-likeness (QED) is 0.863. The molecule has 5 heteroatoms. The van der Waals surface area contributed by atoms with Crippen molar-refractivity contribution in [2.75, 3.05) is 11.1 Å². The van der Waals surface area contributed by atoms with Crippen molar-refractivity contribution in [2.45, 2.75) is 20.4 Å². The smallest absolute Gasteiger partial charge is 0.246 e. The summed E-state index contributed by atoms with van der Waals surface area (Å²) in [5, 5.41) is 6.83. The lowest BCUT2D eigenvalue weighted by molar-refractivity contribution is -0.116. The number of carbonyl (C=O) groups is 1. The molecule has 0 aliphatic carbocycles. The fourth-order valence-electron chi connectivity index (χ4n) is 1.69. The molecule has 5 nitrogen and oxygen atoms in total. The van der Waals surface area contributed by atoms with Gasteiger partial charge >= 0.3 is 0 Å². The van der Waals surface area contributed by atoms with Crippen molar-refractivity contribution in [3.63, 3.8) is 0 Å². The van der Waals surface area contributed by atoms with Crippen LogP contribution in [0.2, 0.25) is 0 Å². The highest BCUT2D eigenvalue weighted by Gasteiger charge is 2.07. The molecule has 1 heterocycles. The van der Waals surface area contributed by atoms with Crippen molar-refractivity contribution >= 4 is 17.4 Å². The number of nitrogens with zero attached hydrogens (tertiary/aromatic N) is 2. The first-order valence-corrected chi connectivity index (χ1v) is 5.71. The number of nitrogens with two attached hydrogens (primary N) is 1. The molecule has 1 aromatic heterocycles. The molecule has 1 amide bonds. The molecule has 1 aromatic carbocycles. The zero-order valence-electron chi connectivity index (χ0n) is 10.5. The second-order valence-corrected chi connectivity index (χ2v) is 4.23. The van der Waals surface area contributed by atoms with Gasteiger partial charge in [0.1, 0.15) is 12.4 Å². The Morgan fingerprint density at radius 1 is 1.39 bits per heavy atom. The number of aryl methyl sites for hydroxylation is 1. The number of benzene rings is 1. The summed E-state index contributed by atoms with van der Waals surface area (Å²) in [7, 11) is 0. The predicted octanol–water partition coefficient (Wildman–Crippen LogP) is 1.72. The third-order valence-electron chi connectivity index (χ3n) is 2.85. The first-order valence-electron chi connectivity index (χ1n) is 5.71. The second kappa shape index (κ2) is 4.91. The molecule has 0 bridgehead atoms. The maximum Gasteiger partial charge on any atom is 0.246 e. The Bertz CT molecular complexity index is 574. The summed E-state index contributed by atoms with van der Waals surface area (Å²) in [5.74, 6) is 0.293. The fraction of sp³-hybridized carbons (Fsp3) is 0.231. The molecule has 0 unspecified atom stereocenters. The number of nitrogen functional groups attached to an aromatic ring is 1. The maximum atomic E-state index is 11.8. The van der Waals surface area contributed by atoms with E-state index in [2.05, 4.69) is 10.4 Å². The third kappa shape index (κ3) is 2.68. The molecule has 2 rings (SSSR count). The largest absolute Gasteiger partial charge is 0.382 e. The Kier molecular flexibility index (Phi) is 3.32. The monoisotopic (exact) mass is 244 g/mol. The first kappa shape index (κ1) is 12.2. The van der Waals surface area contributed by atoms with Crippen molar-refractivity contribution in [1.29, 1.82) is 0 Å². The van der Waals surface area contributed by atoms with E-state index in [1.807, 2.05) is 32.0 Å². The Hall–Kier alpha value is -2.30. The molecule has 0 aliphatic heterocycles. The summed E-state index contributed by atoms with van der Waals surface area (Å²) in [6.07, 6.45) is 1.68. The number of rotatable bonds is 3. The van der Waals surface area contributed by atoms with Crippen LogP contribution in [0.5, 0.6) is 0 Å². The molecule has 3 N–H and O–H groups in total. The number of carbonyl (C=O) groups excluding carboxylic acids is 1. The van der Waals surface area contributed by atoms with E-state index in [1.165, 1.54) is 4.68 Å². The average molecular weight is 244 g/mol. The van der Waals surface area contributed by atoms with E-state index >= 15 is 0 Å². The molecule has 0 saturated carbocycles. The number of hydrogen-bond donors (Lipinski definition) is 2. The van der Waals surface area contributed by atoms with Gasteiger partial charge in [-0.05, 0) is 37.1 Å². The normalized spacial score (nSPS) is 10.3. The van der Waals surface area contributed by atoms with E-state index in [9.17, 15) is 4.79 Å². The van der Waals surface area contributed by atoms with Gasteiger partial charge in [0.15, 0.2) is 0 Å². The standard InChI is InChI=1S/C13H16N4O/c1-9-4-3-5-11(10(9)2)15-13(18)8-17-7-6-12(14)16-17/h3-7H,8H2,1-2H3,(H2,14,16)(H,15,18). The van der Waals surface area contributed by atoms with E-state index in [4.69, 9.17) is 5.73 Å². The van der Waals surface area contributed by atoms with E-state index in [0.29, 0.717) is 5.82 Å². The maximum absolute atomic E-state index is 11.8. The Morgan fingerprint density at radius 3 is 2.83 bits per heavy atom. The van der Waals surface area contributed by atoms with Crippen molar-refractivity contribution in [3.05, 3.63) is 41.6 Å². The molecular formula is C13H16N4O. The highest BCUT2D eigenvalue weighted by atomic mass is 16.2. The molecular weight excluding hydrogens is 228 g/mol. The third-order valence-corrected chi connectivity index (χ3v) is 2.85. The summed E-state index contributed by atoms with van der Waals surface area (Å²) in [5.41, 5.74) is 8.54. The van der Waals surface area contributed by atoms with Crippen LogP contribution in [0.3, 0.4) is 0 Å². The number of anilines is 2. The Morgan fingerprint density at radius 2 is 2.17 bits per heavy atom. The van der Waals surface area contributed by atoms with Crippen LogP contribution in [-0.4, -0.2) is 15.7 Å². The molecule has 2 aromatic rings. The minimum Gasteiger partial charge on any atom is -0.382 e. The summed E-state index contributed by atoms with van der Waals surface area (Å²) in [6.45, 7) is 4.15. The number of nitrogens with one attached hydrogen (secondary N) is 1. The Balaban J connectivity index is 2.05. The van der Waals surface area contributed by atoms with Crippen LogP contribution in [0.25, 0.3) is 0 Å².